The molecule has 1 unspecified atom stereocenters. The summed E-state index contributed by atoms with van der Waals surface area (Å²) in [4.78, 5) is 15.8. The van der Waals surface area contributed by atoms with E-state index in [4.69, 9.17) is 16.1 Å². The molecule has 0 fully saturated rings. The second-order valence-electron chi connectivity index (χ2n) is 4.01. The van der Waals surface area contributed by atoms with Crippen LogP contribution in [0, 0.1) is 0 Å². The molecule has 2 rings (SSSR count). The van der Waals surface area contributed by atoms with E-state index in [1.807, 2.05) is 19.1 Å². The summed E-state index contributed by atoms with van der Waals surface area (Å²) >= 11 is 5.90. The van der Waals surface area contributed by atoms with Gasteiger partial charge in [0.25, 0.3) is 0 Å². The largest absolute Gasteiger partial charge is 0.338 e. The molecule has 0 N–H and O–H groups in total. The van der Waals surface area contributed by atoms with E-state index >= 15 is 0 Å². The Hall–Kier alpha value is -1.68. The van der Waals surface area contributed by atoms with Gasteiger partial charge in [-0.1, -0.05) is 35.8 Å². The first kappa shape index (κ1) is 12.8. The van der Waals surface area contributed by atoms with Crippen LogP contribution in [0.5, 0.6) is 0 Å². The van der Waals surface area contributed by atoms with Crippen LogP contribution in [0.2, 0.25) is 5.02 Å². The Kier molecular flexibility index (Phi) is 3.77. The minimum Gasteiger partial charge on any atom is -0.338 e. The molecule has 0 radical (unpaired) electrons. The number of hydrogen-bond acceptors (Lipinski definition) is 4. The van der Waals surface area contributed by atoms with Crippen molar-refractivity contribution in [2.45, 2.75) is 26.2 Å². The Bertz CT molecular complexity index is 566. The highest BCUT2D eigenvalue weighted by atomic mass is 35.5. The zero-order chi connectivity index (χ0) is 13.1. The first-order chi connectivity index (χ1) is 8.61. The molecule has 5 heteroatoms. The minimum atomic E-state index is -0.365. The van der Waals surface area contributed by atoms with E-state index in [0.717, 1.165) is 5.56 Å². The van der Waals surface area contributed by atoms with Gasteiger partial charge < -0.3 is 4.52 Å². The van der Waals surface area contributed by atoms with Gasteiger partial charge in [0.1, 0.15) is 5.78 Å². The number of carbonyl (C=O) groups is 1. The quantitative estimate of drug-likeness (QED) is 0.848. The molecular weight excluding hydrogens is 252 g/mol. The van der Waals surface area contributed by atoms with Gasteiger partial charge in [-0.25, -0.2) is 0 Å². The summed E-state index contributed by atoms with van der Waals surface area (Å²) in [7, 11) is 0. The predicted octanol–water partition coefficient (Wildman–Crippen LogP) is 3.47. The number of ketones is 1. The Morgan fingerprint density at radius 3 is 2.94 bits per heavy atom. The second-order valence-corrected chi connectivity index (χ2v) is 4.44. The van der Waals surface area contributed by atoms with Crippen LogP contribution in [0.3, 0.4) is 0 Å². The molecule has 0 amide bonds. The predicted molar refractivity (Wildman–Crippen MR) is 68.5 cm³/mol. The first-order valence-corrected chi connectivity index (χ1v) is 6.12. The molecule has 0 aliphatic heterocycles. The van der Waals surface area contributed by atoms with E-state index in [1.165, 1.54) is 0 Å². The van der Waals surface area contributed by atoms with Crippen molar-refractivity contribution in [1.29, 1.82) is 0 Å². The molecule has 94 valence electrons. The van der Waals surface area contributed by atoms with E-state index in [2.05, 4.69) is 10.1 Å². The molecule has 1 aromatic carbocycles. The molecule has 0 saturated heterocycles. The molecular formula is C13H13ClN2O2. The third-order valence-corrected chi connectivity index (χ3v) is 2.96. The average molecular weight is 265 g/mol. The standard InChI is InChI=1S/C13H13ClN2O2/c1-3-11(17)8(2)13-15-12(16-18-13)9-5-4-6-10(14)7-9/h4-8H,3H2,1-2H3. The van der Waals surface area contributed by atoms with Gasteiger partial charge in [-0.2, -0.15) is 4.98 Å². The van der Waals surface area contributed by atoms with Crippen molar-refractivity contribution in [3.05, 3.63) is 35.2 Å². The van der Waals surface area contributed by atoms with Crippen molar-refractivity contribution in [3.8, 4) is 11.4 Å². The number of halogens is 1. The minimum absolute atomic E-state index is 0.0799. The fraction of sp³-hybridized carbons (Fsp3) is 0.308. The molecule has 0 aliphatic carbocycles. The van der Waals surface area contributed by atoms with Crippen LogP contribution in [0.4, 0.5) is 0 Å². The van der Waals surface area contributed by atoms with Crippen LogP contribution >= 0.6 is 11.6 Å². The molecule has 0 aliphatic rings. The summed E-state index contributed by atoms with van der Waals surface area (Å²) in [6.07, 6.45) is 0.454. The number of Topliss-reactive ketones (excluding diaryl/α,β-unsaturated/α-hetero) is 1. The summed E-state index contributed by atoms with van der Waals surface area (Å²) in [6, 6.07) is 7.18. The monoisotopic (exact) mass is 264 g/mol. The molecule has 4 nitrogen and oxygen atoms in total. The summed E-state index contributed by atoms with van der Waals surface area (Å²) in [5.74, 6) is 0.506. The third kappa shape index (κ3) is 2.59. The van der Waals surface area contributed by atoms with E-state index < -0.39 is 0 Å². The van der Waals surface area contributed by atoms with Crippen molar-refractivity contribution in [1.82, 2.24) is 10.1 Å². The van der Waals surface area contributed by atoms with Crippen LogP contribution in [0.1, 0.15) is 32.1 Å². The van der Waals surface area contributed by atoms with E-state index in [1.54, 1.807) is 19.1 Å². The first-order valence-electron chi connectivity index (χ1n) is 5.74. The number of hydrogen-bond donors (Lipinski definition) is 0. The van der Waals surface area contributed by atoms with Crippen molar-refractivity contribution < 1.29 is 9.32 Å². The zero-order valence-electron chi connectivity index (χ0n) is 10.2. The zero-order valence-corrected chi connectivity index (χ0v) is 10.9. The molecule has 18 heavy (non-hydrogen) atoms. The Morgan fingerprint density at radius 2 is 2.28 bits per heavy atom. The lowest BCUT2D eigenvalue weighted by Gasteiger charge is -2.01. The number of aromatic nitrogens is 2. The highest BCUT2D eigenvalue weighted by molar-refractivity contribution is 6.30. The van der Waals surface area contributed by atoms with Gasteiger partial charge in [0.05, 0.1) is 5.92 Å². The van der Waals surface area contributed by atoms with Gasteiger partial charge in [-0.05, 0) is 19.1 Å². The van der Waals surface area contributed by atoms with Crippen LogP contribution < -0.4 is 0 Å². The number of rotatable bonds is 4. The van der Waals surface area contributed by atoms with Crippen molar-refractivity contribution in [2.75, 3.05) is 0 Å². The number of benzene rings is 1. The van der Waals surface area contributed by atoms with E-state index in [0.29, 0.717) is 23.2 Å². The van der Waals surface area contributed by atoms with Crippen LogP contribution in [0.25, 0.3) is 11.4 Å². The summed E-state index contributed by atoms with van der Waals surface area (Å²) in [6.45, 7) is 3.58. The molecule has 0 bridgehead atoms. The Morgan fingerprint density at radius 1 is 1.50 bits per heavy atom. The van der Waals surface area contributed by atoms with Crippen molar-refractivity contribution >= 4 is 17.4 Å². The topological polar surface area (TPSA) is 56.0 Å². The summed E-state index contributed by atoms with van der Waals surface area (Å²) in [5.41, 5.74) is 0.772. The Balaban J connectivity index is 2.28. The fourth-order valence-corrected chi connectivity index (χ4v) is 1.79. The second kappa shape index (κ2) is 5.31. The van der Waals surface area contributed by atoms with Gasteiger partial charge in [0.2, 0.25) is 11.7 Å². The highest BCUT2D eigenvalue weighted by Gasteiger charge is 2.20. The molecule has 1 aromatic heterocycles. The molecule has 0 saturated carbocycles. The van der Waals surface area contributed by atoms with E-state index in [9.17, 15) is 4.79 Å². The third-order valence-electron chi connectivity index (χ3n) is 2.73. The lowest BCUT2D eigenvalue weighted by Crippen LogP contribution is -2.07. The SMILES string of the molecule is CCC(=O)C(C)c1nc(-c2cccc(Cl)c2)no1. The molecule has 0 spiro atoms. The maximum Gasteiger partial charge on any atom is 0.237 e. The van der Waals surface area contributed by atoms with Crippen molar-refractivity contribution in [3.63, 3.8) is 0 Å². The highest BCUT2D eigenvalue weighted by Crippen LogP contribution is 2.23. The Labute approximate surface area is 110 Å². The normalized spacial score (nSPS) is 12.4. The van der Waals surface area contributed by atoms with Gasteiger partial charge >= 0.3 is 0 Å². The molecule has 2 aromatic rings. The lowest BCUT2D eigenvalue weighted by atomic mass is 10.1. The fourth-order valence-electron chi connectivity index (χ4n) is 1.60. The van der Waals surface area contributed by atoms with Gasteiger partial charge in [0, 0.05) is 17.0 Å². The summed E-state index contributed by atoms with van der Waals surface area (Å²) in [5, 5.41) is 4.48. The maximum absolute atomic E-state index is 11.6. The molecule has 1 atom stereocenters. The van der Waals surface area contributed by atoms with Crippen molar-refractivity contribution in [2.24, 2.45) is 0 Å². The van der Waals surface area contributed by atoms with Gasteiger partial charge in [0.15, 0.2) is 0 Å². The molecule has 1 heterocycles. The smallest absolute Gasteiger partial charge is 0.237 e. The number of carbonyl (C=O) groups excluding carboxylic acids is 1. The lowest BCUT2D eigenvalue weighted by molar-refractivity contribution is -0.120. The van der Waals surface area contributed by atoms with Gasteiger partial charge in [-0.15, -0.1) is 0 Å². The summed E-state index contributed by atoms with van der Waals surface area (Å²) < 4.78 is 5.12. The van der Waals surface area contributed by atoms with Crippen LogP contribution in [-0.2, 0) is 4.79 Å². The number of nitrogens with zero attached hydrogens (tertiary/aromatic N) is 2. The maximum atomic E-state index is 11.6. The van der Waals surface area contributed by atoms with E-state index in [-0.39, 0.29) is 11.7 Å². The van der Waals surface area contributed by atoms with Crippen LogP contribution in [0.15, 0.2) is 28.8 Å². The average Bonchev–Trinajstić information content (AvgIpc) is 2.86. The van der Waals surface area contributed by atoms with Gasteiger partial charge in [-0.3, -0.25) is 4.79 Å². The van der Waals surface area contributed by atoms with Crippen LogP contribution in [-0.4, -0.2) is 15.9 Å².